The van der Waals surface area contributed by atoms with E-state index in [0.29, 0.717) is 34.2 Å². The number of aryl methyl sites for hydroxylation is 1. The molecule has 1 aromatic carbocycles. The Balaban J connectivity index is 1.61. The molecule has 0 fully saturated rings. The number of methoxy groups -OCH3 is 1. The second-order valence-corrected chi connectivity index (χ2v) is 8.28. The molecular formula is C23H26N2O6S. The number of thiophene rings is 1. The van der Waals surface area contributed by atoms with Crippen LogP contribution in [0.5, 0.6) is 11.5 Å². The number of nitrogens with two attached hydrogens (primary N) is 1. The molecule has 1 atom stereocenters. The molecule has 1 aliphatic carbocycles. The Labute approximate surface area is 190 Å². The minimum atomic E-state index is -1.06. The molecule has 2 amide bonds. The van der Waals surface area contributed by atoms with E-state index in [1.54, 1.807) is 24.3 Å². The molecule has 0 bridgehead atoms. The molecule has 0 aliphatic heterocycles. The molecule has 0 saturated carbocycles. The molecule has 0 radical (unpaired) electrons. The number of rotatable bonds is 9. The van der Waals surface area contributed by atoms with Crippen molar-refractivity contribution in [2.24, 2.45) is 5.73 Å². The highest BCUT2D eigenvalue weighted by Gasteiger charge is 2.27. The number of fused-ring (bicyclic) bond motifs is 1. The molecule has 1 aromatic heterocycles. The number of carbonyl (C=O) groups is 3. The maximum absolute atomic E-state index is 12.5. The Hall–Kier alpha value is -3.33. The van der Waals surface area contributed by atoms with E-state index in [2.05, 4.69) is 5.32 Å². The van der Waals surface area contributed by atoms with Crippen LogP contribution in [0.2, 0.25) is 0 Å². The van der Waals surface area contributed by atoms with Crippen molar-refractivity contribution in [1.82, 2.24) is 0 Å². The predicted octanol–water partition coefficient (Wildman–Crippen LogP) is 3.33. The minimum Gasteiger partial charge on any atom is -0.493 e. The number of carbonyl (C=O) groups excluding carboxylic acids is 3. The Morgan fingerprint density at radius 2 is 2.03 bits per heavy atom. The first kappa shape index (κ1) is 23.3. The standard InChI is InChI=1S/C23H26N2O6S/c1-4-30-16-10-8-14(12-17(16)29-3)9-11-19(26)31-13(2)22(28)25-23-20(21(24)27)15-6-5-7-18(15)32-23/h8-13H,4-7H2,1-3H3,(H2,24,27)(H,25,28)/b11-9+. The summed E-state index contributed by atoms with van der Waals surface area (Å²) in [6.07, 6.45) is 4.33. The third kappa shape index (κ3) is 5.28. The van der Waals surface area contributed by atoms with E-state index >= 15 is 0 Å². The monoisotopic (exact) mass is 458 g/mol. The van der Waals surface area contributed by atoms with Gasteiger partial charge in [-0.2, -0.15) is 0 Å². The lowest BCUT2D eigenvalue weighted by molar-refractivity contribution is -0.148. The summed E-state index contributed by atoms with van der Waals surface area (Å²) in [5.74, 6) is -0.627. The highest BCUT2D eigenvalue weighted by molar-refractivity contribution is 7.17. The summed E-state index contributed by atoms with van der Waals surface area (Å²) in [6.45, 7) is 3.85. The Bertz CT molecular complexity index is 1060. The molecule has 1 aliphatic rings. The first-order valence-corrected chi connectivity index (χ1v) is 11.1. The number of anilines is 1. The van der Waals surface area contributed by atoms with Gasteiger partial charge in [-0.3, -0.25) is 9.59 Å². The first-order valence-electron chi connectivity index (χ1n) is 10.3. The lowest BCUT2D eigenvalue weighted by Gasteiger charge is -2.12. The van der Waals surface area contributed by atoms with Crippen LogP contribution in [0.25, 0.3) is 6.08 Å². The Morgan fingerprint density at radius 3 is 2.72 bits per heavy atom. The van der Waals surface area contributed by atoms with Gasteiger partial charge in [0.05, 0.1) is 19.3 Å². The van der Waals surface area contributed by atoms with Gasteiger partial charge < -0.3 is 25.3 Å². The molecule has 0 saturated heterocycles. The van der Waals surface area contributed by atoms with Gasteiger partial charge in [-0.15, -0.1) is 11.3 Å². The van der Waals surface area contributed by atoms with Crippen LogP contribution in [0.4, 0.5) is 5.00 Å². The van der Waals surface area contributed by atoms with E-state index in [1.807, 2.05) is 6.92 Å². The van der Waals surface area contributed by atoms with Crippen LogP contribution in [-0.2, 0) is 27.2 Å². The number of hydrogen-bond donors (Lipinski definition) is 2. The van der Waals surface area contributed by atoms with Gasteiger partial charge in [0.15, 0.2) is 17.6 Å². The zero-order valence-corrected chi connectivity index (χ0v) is 19.0. The molecular weight excluding hydrogens is 432 g/mol. The molecule has 9 heteroatoms. The predicted molar refractivity (Wildman–Crippen MR) is 122 cm³/mol. The number of nitrogens with one attached hydrogen (secondary N) is 1. The molecule has 170 valence electrons. The van der Waals surface area contributed by atoms with Gasteiger partial charge >= 0.3 is 5.97 Å². The van der Waals surface area contributed by atoms with Gasteiger partial charge in [0.25, 0.3) is 11.8 Å². The maximum atomic E-state index is 12.5. The molecule has 1 unspecified atom stereocenters. The SMILES string of the molecule is CCOc1ccc(/C=C/C(=O)OC(C)C(=O)Nc2sc3c(c2C(N)=O)CCC3)cc1OC. The summed E-state index contributed by atoms with van der Waals surface area (Å²) in [5.41, 5.74) is 7.49. The molecule has 3 N–H and O–H groups in total. The fourth-order valence-corrected chi connectivity index (χ4v) is 4.76. The van der Waals surface area contributed by atoms with Gasteiger partial charge in [-0.25, -0.2) is 4.79 Å². The summed E-state index contributed by atoms with van der Waals surface area (Å²) < 4.78 is 16.0. The van der Waals surface area contributed by atoms with Crippen LogP contribution >= 0.6 is 11.3 Å². The lowest BCUT2D eigenvalue weighted by atomic mass is 10.1. The summed E-state index contributed by atoms with van der Waals surface area (Å²) in [7, 11) is 1.53. The van der Waals surface area contributed by atoms with Crippen molar-refractivity contribution in [3.63, 3.8) is 0 Å². The zero-order chi connectivity index (χ0) is 23.3. The smallest absolute Gasteiger partial charge is 0.331 e. The van der Waals surface area contributed by atoms with Gasteiger partial charge in [0, 0.05) is 11.0 Å². The Morgan fingerprint density at radius 1 is 1.25 bits per heavy atom. The van der Waals surface area contributed by atoms with E-state index < -0.39 is 23.9 Å². The topological polar surface area (TPSA) is 117 Å². The van der Waals surface area contributed by atoms with Crippen LogP contribution in [0.3, 0.4) is 0 Å². The average Bonchev–Trinajstić information content (AvgIpc) is 3.33. The number of ether oxygens (including phenoxy) is 3. The maximum Gasteiger partial charge on any atom is 0.331 e. The summed E-state index contributed by atoms with van der Waals surface area (Å²) in [5, 5.41) is 3.09. The third-order valence-corrected chi connectivity index (χ3v) is 6.17. The fourth-order valence-electron chi connectivity index (χ4n) is 3.46. The Kier molecular flexibility index (Phi) is 7.53. The quantitative estimate of drug-likeness (QED) is 0.440. The summed E-state index contributed by atoms with van der Waals surface area (Å²) in [6, 6.07) is 5.25. The van der Waals surface area contributed by atoms with Crippen molar-refractivity contribution in [1.29, 1.82) is 0 Å². The molecule has 2 aromatic rings. The lowest BCUT2D eigenvalue weighted by Crippen LogP contribution is -2.30. The zero-order valence-electron chi connectivity index (χ0n) is 18.2. The molecule has 0 spiro atoms. The number of hydrogen-bond acceptors (Lipinski definition) is 7. The van der Waals surface area contributed by atoms with Gasteiger partial charge in [-0.05, 0) is 62.4 Å². The molecule has 1 heterocycles. The van der Waals surface area contributed by atoms with Crippen LogP contribution in [0, 0.1) is 0 Å². The number of amides is 2. The van der Waals surface area contributed by atoms with Crippen molar-refractivity contribution in [2.75, 3.05) is 19.0 Å². The third-order valence-electron chi connectivity index (χ3n) is 4.97. The average molecular weight is 459 g/mol. The first-order chi connectivity index (χ1) is 15.3. The number of esters is 1. The summed E-state index contributed by atoms with van der Waals surface area (Å²) in [4.78, 5) is 37.6. The van der Waals surface area contributed by atoms with Crippen molar-refractivity contribution >= 4 is 40.2 Å². The van der Waals surface area contributed by atoms with E-state index in [1.165, 1.54) is 31.4 Å². The normalized spacial score (nSPS) is 13.5. The van der Waals surface area contributed by atoms with Crippen LogP contribution in [-0.4, -0.2) is 37.6 Å². The van der Waals surface area contributed by atoms with E-state index in [9.17, 15) is 14.4 Å². The van der Waals surface area contributed by atoms with Crippen molar-refractivity contribution in [3.8, 4) is 11.5 Å². The second-order valence-electron chi connectivity index (χ2n) is 7.17. The van der Waals surface area contributed by atoms with Crippen molar-refractivity contribution in [2.45, 2.75) is 39.2 Å². The van der Waals surface area contributed by atoms with Crippen LogP contribution in [0.1, 0.15) is 46.6 Å². The van der Waals surface area contributed by atoms with Crippen molar-refractivity contribution in [3.05, 3.63) is 45.8 Å². The van der Waals surface area contributed by atoms with Crippen molar-refractivity contribution < 1.29 is 28.6 Å². The van der Waals surface area contributed by atoms with Crippen LogP contribution in [0.15, 0.2) is 24.3 Å². The highest BCUT2D eigenvalue weighted by Crippen LogP contribution is 2.38. The number of primary amides is 1. The van der Waals surface area contributed by atoms with Gasteiger partial charge in [-0.1, -0.05) is 6.07 Å². The van der Waals surface area contributed by atoms with Gasteiger partial charge in [0.2, 0.25) is 0 Å². The molecule has 3 rings (SSSR count). The van der Waals surface area contributed by atoms with Gasteiger partial charge in [0.1, 0.15) is 5.00 Å². The van der Waals surface area contributed by atoms with Crippen LogP contribution < -0.4 is 20.5 Å². The van der Waals surface area contributed by atoms with E-state index in [-0.39, 0.29) is 0 Å². The second kappa shape index (κ2) is 10.3. The fraction of sp³-hybridized carbons (Fsp3) is 0.348. The minimum absolute atomic E-state index is 0.360. The molecule has 32 heavy (non-hydrogen) atoms. The summed E-state index contributed by atoms with van der Waals surface area (Å²) >= 11 is 1.35. The largest absolute Gasteiger partial charge is 0.493 e. The van der Waals surface area contributed by atoms with E-state index in [0.717, 1.165) is 29.7 Å². The molecule has 8 nitrogen and oxygen atoms in total. The number of benzene rings is 1. The van der Waals surface area contributed by atoms with E-state index in [4.69, 9.17) is 19.9 Å². The highest BCUT2D eigenvalue weighted by atomic mass is 32.1.